The van der Waals surface area contributed by atoms with Crippen LogP contribution in [-0.2, 0) is 0 Å². The van der Waals surface area contributed by atoms with Crippen LogP contribution in [0.2, 0.25) is 0 Å². The van der Waals surface area contributed by atoms with Gasteiger partial charge in [-0.05, 0) is 26.3 Å². The molecular formula is C5H13N. The molecule has 0 spiro atoms. The molecule has 1 atom stereocenters. The van der Waals surface area contributed by atoms with Crippen LogP contribution in [-0.4, -0.2) is 12.6 Å². The van der Waals surface area contributed by atoms with Crippen LogP contribution in [0.1, 0.15) is 21.2 Å². The van der Waals surface area contributed by atoms with E-state index >= 15 is 0 Å². The highest BCUT2D eigenvalue weighted by Crippen LogP contribution is 2.01. The van der Waals surface area contributed by atoms with Crippen molar-refractivity contribution in [3.8, 4) is 0 Å². The van der Waals surface area contributed by atoms with Crippen molar-refractivity contribution in [1.82, 2.24) is 5.32 Å². The van der Waals surface area contributed by atoms with E-state index in [-0.39, 0.29) is 1.43 Å². The zero-order valence-corrected chi connectivity index (χ0v) is 4.20. The van der Waals surface area contributed by atoms with Gasteiger partial charge < -0.3 is 5.32 Å². The van der Waals surface area contributed by atoms with Crippen molar-refractivity contribution < 1.29 is 1.43 Å². The van der Waals surface area contributed by atoms with Gasteiger partial charge in [0.05, 0.1) is 0 Å². The lowest BCUT2D eigenvalue weighted by Crippen LogP contribution is -2.16. The summed E-state index contributed by atoms with van der Waals surface area (Å²) in [7, 11) is 0. The third kappa shape index (κ3) is 0.716. The lowest BCUT2D eigenvalue weighted by Gasteiger charge is -1.95. The van der Waals surface area contributed by atoms with Gasteiger partial charge in [-0.2, -0.15) is 0 Å². The highest BCUT2D eigenvalue weighted by atomic mass is 14.9. The predicted molar refractivity (Wildman–Crippen MR) is 28.8 cm³/mol. The van der Waals surface area contributed by atoms with Crippen LogP contribution in [0.5, 0.6) is 0 Å². The molecule has 0 bridgehead atoms. The first kappa shape index (κ1) is 4.13. The molecular weight excluding hydrogens is 74.1 g/mol. The Balaban J connectivity index is 0.000000360. The summed E-state index contributed by atoms with van der Waals surface area (Å²) >= 11 is 0. The molecule has 0 aromatic rings. The molecule has 1 nitrogen and oxygen atoms in total. The van der Waals surface area contributed by atoms with E-state index in [1.165, 1.54) is 19.4 Å². The zero-order chi connectivity index (χ0) is 4.41. The molecule has 6 heavy (non-hydrogen) atoms. The van der Waals surface area contributed by atoms with Crippen LogP contribution in [0, 0.1) is 0 Å². The van der Waals surface area contributed by atoms with Crippen molar-refractivity contribution in [2.24, 2.45) is 0 Å². The summed E-state index contributed by atoms with van der Waals surface area (Å²) in [6, 6.07) is 0.796. The first-order valence-corrected chi connectivity index (χ1v) is 2.63. The standard InChI is InChI=1S/C5H11N.H2/c1-5-3-2-4-6-5;/h5-6H,2-4H2,1H3;1H. The van der Waals surface area contributed by atoms with Gasteiger partial charge in [0.1, 0.15) is 0 Å². The quantitative estimate of drug-likeness (QED) is 0.465. The van der Waals surface area contributed by atoms with Crippen molar-refractivity contribution in [1.29, 1.82) is 0 Å². The molecule has 0 aromatic heterocycles. The van der Waals surface area contributed by atoms with Gasteiger partial charge in [0, 0.05) is 7.47 Å². The maximum absolute atomic E-state index is 3.32. The summed E-state index contributed by atoms with van der Waals surface area (Å²) < 4.78 is 0. The van der Waals surface area contributed by atoms with Gasteiger partial charge >= 0.3 is 0 Å². The first-order chi connectivity index (χ1) is 2.89. The van der Waals surface area contributed by atoms with Crippen LogP contribution in [0.25, 0.3) is 0 Å². The molecule has 0 aliphatic carbocycles. The van der Waals surface area contributed by atoms with E-state index in [4.69, 9.17) is 0 Å². The van der Waals surface area contributed by atoms with E-state index in [9.17, 15) is 0 Å². The van der Waals surface area contributed by atoms with E-state index in [0.717, 1.165) is 6.04 Å². The highest BCUT2D eigenvalue weighted by molar-refractivity contribution is 4.67. The summed E-state index contributed by atoms with van der Waals surface area (Å²) in [5, 5.41) is 3.32. The summed E-state index contributed by atoms with van der Waals surface area (Å²) in [5.41, 5.74) is 0. The minimum absolute atomic E-state index is 0. The Morgan fingerprint density at radius 1 is 1.83 bits per heavy atom. The fraction of sp³-hybridized carbons (Fsp3) is 1.00. The summed E-state index contributed by atoms with van der Waals surface area (Å²) in [6.45, 7) is 3.47. The Morgan fingerprint density at radius 2 is 2.67 bits per heavy atom. The van der Waals surface area contributed by atoms with E-state index < -0.39 is 0 Å². The van der Waals surface area contributed by atoms with Crippen LogP contribution < -0.4 is 5.32 Å². The molecule has 1 heterocycles. The molecule has 1 heteroatoms. The maximum Gasteiger partial charge on any atom is 0.00391 e. The molecule has 1 saturated heterocycles. The smallest absolute Gasteiger partial charge is 0.00391 e. The van der Waals surface area contributed by atoms with E-state index in [0.29, 0.717) is 0 Å². The maximum atomic E-state index is 3.32. The molecule has 0 aromatic carbocycles. The normalized spacial score (nSPS) is 34.5. The average molecular weight is 87.2 g/mol. The summed E-state index contributed by atoms with van der Waals surface area (Å²) in [6.07, 6.45) is 2.75. The van der Waals surface area contributed by atoms with Gasteiger partial charge in [-0.3, -0.25) is 0 Å². The van der Waals surface area contributed by atoms with Gasteiger partial charge in [-0.15, -0.1) is 0 Å². The monoisotopic (exact) mass is 87.1 g/mol. The van der Waals surface area contributed by atoms with Gasteiger partial charge in [-0.1, -0.05) is 0 Å². The van der Waals surface area contributed by atoms with E-state index in [2.05, 4.69) is 12.2 Å². The molecule has 1 aliphatic heterocycles. The van der Waals surface area contributed by atoms with E-state index in [1.54, 1.807) is 0 Å². The van der Waals surface area contributed by atoms with Crippen LogP contribution >= 0.6 is 0 Å². The minimum Gasteiger partial charge on any atom is -0.314 e. The second kappa shape index (κ2) is 1.61. The number of hydrogen-bond acceptors (Lipinski definition) is 1. The molecule has 1 N–H and O–H groups in total. The molecule has 1 rings (SSSR count). The first-order valence-electron chi connectivity index (χ1n) is 2.63. The van der Waals surface area contributed by atoms with Crippen molar-refractivity contribution in [3.63, 3.8) is 0 Å². The molecule has 0 radical (unpaired) electrons. The number of hydrogen-bond donors (Lipinski definition) is 1. The average Bonchev–Trinajstić information content (AvgIpc) is 1.86. The van der Waals surface area contributed by atoms with Crippen LogP contribution in [0.4, 0.5) is 0 Å². The topological polar surface area (TPSA) is 12.0 Å². The Bertz CT molecular complexity index is 41.3. The zero-order valence-electron chi connectivity index (χ0n) is 4.20. The van der Waals surface area contributed by atoms with Crippen LogP contribution in [0.3, 0.4) is 0 Å². The Morgan fingerprint density at radius 3 is 2.83 bits per heavy atom. The number of nitrogens with one attached hydrogen (secondary N) is 1. The Kier molecular flexibility index (Phi) is 1.10. The fourth-order valence-corrected chi connectivity index (χ4v) is 0.859. The third-order valence-electron chi connectivity index (χ3n) is 1.31. The predicted octanol–water partition coefficient (Wildman–Crippen LogP) is 1.00. The second-order valence-corrected chi connectivity index (χ2v) is 2.00. The van der Waals surface area contributed by atoms with E-state index in [1.807, 2.05) is 0 Å². The summed E-state index contributed by atoms with van der Waals surface area (Å²) in [5.74, 6) is 0. The van der Waals surface area contributed by atoms with Gasteiger partial charge in [0.15, 0.2) is 0 Å². The molecule has 1 unspecified atom stereocenters. The molecule has 38 valence electrons. The van der Waals surface area contributed by atoms with Gasteiger partial charge in [0.2, 0.25) is 0 Å². The second-order valence-electron chi connectivity index (χ2n) is 2.00. The van der Waals surface area contributed by atoms with Gasteiger partial charge in [0.25, 0.3) is 0 Å². The number of rotatable bonds is 0. The molecule has 1 aliphatic rings. The lowest BCUT2D eigenvalue weighted by atomic mass is 10.3. The van der Waals surface area contributed by atoms with Gasteiger partial charge in [-0.25, -0.2) is 0 Å². The summed E-state index contributed by atoms with van der Waals surface area (Å²) in [4.78, 5) is 0. The SMILES string of the molecule is CC1CCCN1.[HH]. The largest absolute Gasteiger partial charge is 0.314 e. The van der Waals surface area contributed by atoms with Crippen molar-refractivity contribution in [2.45, 2.75) is 25.8 Å². The van der Waals surface area contributed by atoms with Crippen molar-refractivity contribution >= 4 is 0 Å². The highest BCUT2D eigenvalue weighted by Gasteiger charge is 2.05. The van der Waals surface area contributed by atoms with Crippen molar-refractivity contribution in [2.75, 3.05) is 6.54 Å². The molecule has 0 amide bonds. The third-order valence-corrected chi connectivity index (χ3v) is 1.31. The van der Waals surface area contributed by atoms with Crippen molar-refractivity contribution in [3.05, 3.63) is 0 Å². The minimum atomic E-state index is 0. The Labute approximate surface area is 40.2 Å². The van der Waals surface area contributed by atoms with Crippen LogP contribution in [0.15, 0.2) is 0 Å². The molecule has 1 fully saturated rings. The molecule has 0 saturated carbocycles. The lowest BCUT2D eigenvalue weighted by molar-refractivity contribution is 0.664. The fourth-order valence-electron chi connectivity index (χ4n) is 0.859. The Hall–Kier alpha value is -0.0400.